The molecule has 1 fully saturated rings. The molecule has 0 saturated carbocycles. The molecular weight excluding hydrogens is 408 g/mol. The summed E-state index contributed by atoms with van der Waals surface area (Å²) >= 11 is 0. The van der Waals surface area contributed by atoms with Gasteiger partial charge in [0, 0.05) is 29.8 Å². The maximum Gasteiger partial charge on any atom is 0.311 e. The van der Waals surface area contributed by atoms with Crippen LogP contribution in [0.4, 0.5) is 11.4 Å². The number of ether oxygens (including phenoxy) is 1. The average Bonchev–Trinajstić information content (AvgIpc) is 3.13. The maximum atomic E-state index is 12.2. The van der Waals surface area contributed by atoms with Crippen LogP contribution in [0, 0.1) is 16.0 Å². The highest BCUT2D eigenvalue weighted by Gasteiger charge is 2.36. The van der Waals surface area contributed by atoms with E-state index in [4.69, 9.17) is 4.74 Å². The average molecular weight is 426 g/mol. The summed E-state index contributed by atoms with van der Waals surface area (Å²) in [6, 6.07) is 13.6. The highest BCUT2D eigenvalue weighted by molar-refractivity contribution is 5.97. The standard InChI is InChI=1S/C20H18N4O7/c25-17(21-15-7-4-8-16(10-15)24(29)30)12-31-20(28)14-9-18(26)23(11-14)22-19(27)13-5-2-1-3-6-13/h1-8,10,14H,9,11-12H2,(H,21,25)(H,22,27)/t14-/m0/s1. The van der Waals surface area contributed by atoms with Crippen molar-refractivity contribution < 1.29 is 28.8 Å². The number of non-ortho nitro benzene ring substituents is 1. The minimum Gasteiger partial charge on any atom is -0.455 e. The van der Waals surface area contributed by atoms with Crippen molar-refractivity contribution in [3.8, 4) is 0 Å². The van der Waals surface area contributed by atoms with Crippen LogP contribution in [0.2, 0.25) is 0 Å². The summed E-state index contributed by atoms with van der Waals surface area (Å²) in [5, 5.41) is 14.2. The van der Waals surface area contributed by atoms with Crippen LogP contribution in [0.25, 0.3) is 0 Å². The molecule has 0 bridgehead atoms. The van der Waals surface area contributed by atoms with Crippen LogP contribution in [0.1, 0.15) is 16.8 Å². The first-order chi connectivity index (χ1) is 14.8. The van der Waals surface area contributed by atoms with E-state index in [1.807, 2.05) is 0 Å². The van der Waals surface area contributed by atoms with Gasteiger partial charge in [-0.3, -0.25) is 39.7 Å². The summed E-state index contributed by atoms with van der Waals surface area (Å²) in [6.45, 7) is -0.703. The van der Waals surface area contributed by atoms with Gasteiger partial charge < -0.3 is 10.1 Å². The number of rotatable bonds is 7. The Hall–Kier alpha value is -4.28. The van der Waals surface area contributed by atoms with E-state index in [9.17, 15) is 29.3 Å². The molecule has 3 rings (SSSR count). The van der Waals surface area contributed by atoms with Crippen molar-refractivity contribution in [2.45, 2.75) is 6.42 Å². The fraction of sp³-hybridized carbons (Fsp3) is 0.200. The molecule has 0 radical (unpaired) electrons. The molecule has 1 aliphatic rings. The van der Waals surface area contributed by atoms with Gasteiger partial charge >= 0.3 is 5.97 Å². The number of carbonyl (C=O) groups excluding carboxylic acids is 4. The Balaban J connectivity index is 1.48. The van der Waals surface area contributed by atoms with Gasteiger partial charge in [0.25, 0.3) is 17.5 Å². The number of esters is 1. The molecule has 1 aliphatic heterocycles. The molecule has 2 aromatic carbocycles. The van der Waals surface area contributed by atoms with Gasteiger partial charge in [0.1, 0.15) is 0 Å². The Morgan fingerprint density at radius 1 is 1.13 bits per heavy atom. The molecule has 11 nitrogen and oxygen atoms in total. The van der Waals surface area contributed by atoms with Gasteiger partial charge in [0.15, 0.2) is 6.61 Å². The lowest BCUT2D eigenvalue weighted by atomic mass is 10.1. The molecule has 31 heavy (non-hydrogen) atoms. The number of nitro benzene ring substituents is 1. The number of anilines is 1. The first-order valence-corrected chi connectivity index (χ1v) is 9.21. The maximum absolute atomic E-state index is 12.2. The van der Waals surface area contributed by atoms with Crippen molar-refractivity contribution >= 4 is 35.1 Å². The van der Waals surface area contributed by atoms with Gasteiger partial charge in [-0.05, 0) is 18.2 Å². The monoisotopic (exact) mass is 426 g/mol. The predicted molar refractivity (Wildman–Crippen MR) is 106 cm³/mol. The zero-order valence-electron chi connectivity index (χ0n) is 16.1. The Bertz CT molecular complexity index is 1030. The van der Waals surface area contributed by atoms with E-state index < -0.39 is 41.1 Å². The summed E-state index contributed by atoms with van der Waals surface area (Å²) in [7, 11) is 0. The quantitative estimate of drug-likeness (QED) is 0.385. The first kappa shape index (κ1) is 21.4. The van der Waals surface area contributed by atoms with Crippen molar-refractivity contribution in [3.05, 3.63) is 70.3 Å². The first-order valence-electron chi connectivity index (χ1n) is 9.21. The highest BCUT2D eigenvalue weighted by atomic mass is 16.6. The topological polar surface area (TPSA) is 148 Å². The molecule has 0 aliphatic carbocycles. The number of hydrogen-bond donors (Lipinski definition) is 2. The summed E-state index contributed by atoms with van der Waals surface area (Å²) in [6.07, 6.45) is -0.166. The lowest BCUT2D eigenvalue weighted by Crippen LogP contribution is -2.43. The third kappa shape index (κ3) is 5.63. The lowest BCUT2D eigenvalue weighted by molar-refractivity contribution is -0.384. The molecular formula is C20H18N4O7. The normalized spacial score (nSPS) is 15.3. The molecule has 1 heterocycles. The lowest BCUT2D eigenvalue weighted by Gasteiger charge is -2.17. The van der Waals surface area contributed by atoms with E-state index in [-0.39, 0.29) is 24.3 Å². The largest absolute Gasteiger partial charge is 0.455 e. The number of nitrogens with one attached hydrogen (secondary N) is 2. The second kappa shape index (κ2) is 9.48. The van der Waals surface area contributed by atoms with Gasteiger partial charge in [-0.15, -0.1) is 0 Å². The van der Waals surface area contributed by atoms with E-state index in [0.29, 0.717) is 5.56 Å². The summed E-state index contributed by atoms with van der Waals surface area (Å²) in [4.78, 5) is 58.6. The Kier molecular flexibility index (Phi) is 6.55. The number of nitro groups is 1. The molecule has 11 heteroatoms. The van der Waals surface area contributed by atoms with Crippen LogP contribution < -0.4 is 10.7 Å². The minimum absolute atomic E-state index is 0.0806. The van der Waals surface area contributed by atoms with Crippen LogP contribution in [-0.2, 0) is 19.1 Å². The predicted octanol–water partition coefficient (Wildman–Crippen LogP) is 1.27. The SMILES string of the molecule is O=C(COC(=O)[C@H]1CC(=O)N(NC(=O)c2ccccc2)C1)Nc1cccc([N+](=O)[O-])c1. The number of benzene rings is 2. The van der Waals surface area contributed by atoms with Crippen LogP contribution in [0.5, 0.6) is 0 Å². The minimum atomic E-state index is -0.839. The number of amides is 3. The van der Waals surface area contributed by atoms with Crippen molar-refractivity contribution in [1.29, 1.82) is 0 Å². The molecule has 0 unspecified atom stereocenters. The molecule has 2 N–H and O–H groups in total. The fourth-order valence-electron chi connectivity index (χ4n) is 2.90. The Labute approximate surface area is 176 Å². The van der Waals surface area contributed by atoms with Gasteiger partial charge in [0.05, 0.1) is 17.4 Å². The van der Waals surface area contributed by atoms with Crippen molar-refractivity contribution in [2.75, 3.05) is 18.5 Å². The summed E-state index contributed by atoms with van der Waals surface area (Å²) in [5.41, 5.74) is 2.79. The number of nitrogens with zero attached hydrogens (tertiary/aromatic N) is 2. The molecule has 1 saturated heterocycles. The highest BCUT2D eigenvalue weighted by Crippen LogP contribution is 2.19. The van der Waals surface area contributed by atoms with E-state index in [2.05, 4.69) is 10.7 Å². The Morgan fingerprint density at radius 3 is 2.58 bits per heavy atom. The third-order valence-electron chi connectivity index (χ3n) is 4.42. The van der Waals surface area contributed by atoms with E-state index in [1.165, 1.54) is 24.3 Å². The smallest absolute Gasteiger partial charge is 0.311 e. The molecule has 160 valence electrons. The van der Waals surface area contributed by atoms with Gasteiger partial charge in [0.2, 0.25) is 5.91 Å². The molecule has 2 aromatic rings. The van der Waals surface area contributed by atoms with Gasteiger partial charge in [-0.25, -0.2) is 0 Å². The molecule has 0 spiro atoms. The van der Waals surface area contributed by atoms with E-state index in [1.54, 1.807) is 30.3 Å². The molecule has 1 atom stereocenters. The van der Waals surface area contributed by atoms with Crippen molar-refractivity contribution in [3.63, 3.8) is 0 Å². The second-order valence-electron chi connectivity index (χ2n) is 6.68. The number of hydrazine groups is 1. The zero-order chi connectivity index (χ0) is 22.4. The molecule has 0 aromatic heterocycles. The Morgan fingerprint density at radius 2 is 1.87 bits per heavy atom. The second-order valence-corrected chi connectivity index (χ2v) is 6.68. The van der Waals surface area contributed by atoms with Gasteiger partial charge in [-0.2, -0.15) is 0 Å². The molecule has 3 amide bonds. The summed E-state index contributed by atoms with van der Waals surface area (Å²) < 4.78 is 4.95. The number of carbonyl (C=O) groups is 4. The van der Waals surface area contributed by atoms with Crippen molar-refractivity contribution in [1.82, 2.24) is 10.4 Å². The van der Waals surface area contributed by atoms with Gasteiger partial charge in [-0.1, -0.05) is 24.3 Å². The third-order valence-corrected chi connectivity index (χ3v) is 4.42. The fourth-order valence-corrected chi connectivity index (χ4v) is 2.90. The van der Waals surface area contributed by atoms with Crippen LogP contribution >= 0.6 is 0 Å². The van der Waals surface area contributed by atoms with E-state index in [0.717, 1.165) is 5.01 Å². The van der Waals surface area contributed by atoms with E-state index >= 15 is 0 Å². The summed E-state index contributed by atoms with van der Waals surface area (Å²) in [5.74, 6) is -3.23. The van der Waals surface area contributed by atoms with Crippen LogP contribution in [-0.4, -0.2) is 46.8 Å². The van der Waals surface area contributed by atoms with Crippen LogP contribution in [0.3, 0.4) is 0 Å². The number of hydrogen-bond acceptors (Lipinski definition) is 7. The zero-order valence-corrected chi connectivity index (χ0v) is 16.1. The van der Waals surface area contributed by atoms with Crippen LogP contribution in [0.15, 0.2) is 54.6 Å². The van der Waals surface area contributed by atoms with Crippen molar-refractivity contribution in [2.24, 2.45) is 5.92 Å².